The van der Waals surface area contributed by atoms with Crippen LogP contribution in [0.1, 0.15) is 18.1 Å². The van der Waals surface area contributed by atoms with Gasteiger partial charge in [0, 0.05) is 53.0 Å². The number of rotatable bonds is 12. The monoisotopic (exact) mass is 591 g/mol. The van der Waals surface area contributed by atoms with Crippen molar-refractivity contribution in [3.8, 4) is 0 Å². The van der Waals surface area contributed by atoms with Gasteiger partial charge in [-0.25, -0.2) is 0 Å². The van der Waals surface area contributed by atoms with Crippen LogP contribution in [0.15, 0.2) is 70.7 Å². The first kappa shape index (κ1) is 29.8. The number of carbonyl (C=O) groups is 4. The summed E-state index contributed by atoms with van der Waals surface area (Å²) in [6, 6.07) is 15.5. The topological polar surface area (TPSA) is 168 Å². The third-order valence-corrected chi connectivity index (χ3v) is 8.38. The van der Waals surface area contributed by atoms with Crippen LogP contribution in [0, 0.1) is 0 Å². The number of nitrogens with one attached hydrogen (secondary N) is 4. The van der Waals surface area contributed by atoms with Crippen LogP contribution in [0.25, 0.3) is 21.8 Å². The smallest absolute Gasteiger partial charge is 0.239 e. The van der Waals surface area contributed by atoms with Crippen molar-refractivity contribution >= 4 is 67.0 Å². The molecule has 0 aliphatic rings. The fourth-order valence-corrected chi connectivity index (χ4v) is 6.17. The fourth-order valence-electron chi connectivity index (χ4n) is 3.91. The normalized spacial score (nSPS) is 10.8. The van der Waals surface area contributed by atoms with Crippen molar-refractivity contribution in [2.45, 2.75) is 29.8 Å². The number of nitrogens with zero attached hydrogens (tertiary/aromatic N) is 2. The molecule has 2 aromatic carbocycles. The zero-order valence-corrected chi connectivity index (χ0v) is 23.9. The Labute approximate surface area is 244 Å². The predicted octanol–water partition coefficient (Wildman–Crippen LogP) is 2.03. The minimum Gasteiger partial charge on any atom is -0.350 e. The zero-order valence-electron chi connectivity index (χ0n) is 22.2. The lowest BCUT2D eigenvalue weighted by atomic mass is 10.1. The van der Waals surface area contributed by atoms with E-state index in [4.69, 9.17) is 5.73 Å². The van der Waals surface area contributed by atoms with E-state index in [1.165, 1.54) is 6.92 Å². The van der Waals surface area contributed by atoms with Gasteiger partial charge in [0.05, 0.1) is 30.7 Å². The Morgan fingerprint density at radius 2 is 1.17 bits per heavy atom. The molecule has 2 aromatic heterocycles. The van der Waals surface area contributed by atoms with E-state index in [0.717, 1.165) is 42.7 Å². The first-order valence-corrected chi connectivity index (χ1v) is 14.8. The summed E-state index contributed by atoms with van der Waals surface area (Å²) in [5, 5.41) is 12.4. The molecule has 0 unspecified atom stereocenters. The third kappa shape index (κ3) is 8.16. The van der Waals surface area contributed by atoms with Gasteiger partial charge in [0.2, 0.25) is 23.6 Å². The minimum absolute atomic E-state index is 0.0732. The lowest BCUT2D eigenvalue weighted by molar-refractivity contribution is -0.125. The highest BCUT2D eigenvalue weighted by atomic mass is 33.1. The average Bonchev–Trinajstić information content (AvgIpc) is 2.99. The van der Waals surface area contributed by atoms with Crippen LogP contribution < -0.4 is 27.0 Å². The molecule has 6 N–H and O–H groups in total. The molecule has 0 atom stereocenters. The van der Waals surface area contributed by atoms with E-state index in [1.54, 1.807) is 34.0 Å². The summed E-state index contributed by atoms with van der Waals surface area (Å²) in [5.74, 6) is -1.24. The van der Waals surface area contributed by atoms with Gasteiger partial charge in [0.15, 0.2) is 0 Å². The van der Waals surface area contributed by atoms with Crippen LogP contribution in [-0.2, 0) is 32.3 Å². The molecule has 41 heavy (non-hydrogen) atoms. The maximum atomic E-state index is 12.1. The van der Waals surface area contributed by atoms with E-state index < -0.39 is 5.91 Å². The lowest BCUT2D eigenvalue weighted by Crippen LogP contribution is -2.39. The second-order valence-electron chi connectivity index (χ2n) is 8.86. The van der Waals surface area contributed by atoms with E-state index in [9.17, 15) is 19.2 Å². The van der Waals surface area contributed by atoms with Gasteiger partial charge in [0.25, 0.3) is 0 Å². The first-order chi connectivity index (χ1) is 19.9. The van der Waals surface area contributed by atoms with E-state index in [2.05, 4.69) is 31.2 Å². The molecule has 13 heteroatoms. The van der Waals surface area contributed by atoms with Crippen molar-refractivity contribution in [3.05, 3.63) is 72.1 Å². The molecule has 4 aromatic rings. The third-order valence-electron chi connectivity index (χ3n) is 5.95. The summed E-state index contributed by atoms with van der Waals surface area (Å²) in [6.07, 6.45) is 3.46. The Hall–Kier alpha value is -4.20. The summed E-state index contributed by atoms with van der Waals surface area (Å²) >= 11 is 0. The Bertz CT molecular complexity index is 1600. The maximum Gasteiger partial charge on any atom is 0.239 e. The van der Waals surface area contributed by atoms with Gasteiger partial charge < -0.3 is 27.0 Å². The first-order valence-electron chi connectivity index (χ1n) is 12.7. The summed E-state index contributed by atoms with van der Waals surface area (Å²) in [5.41, 5.74) is 8.70. The molecule has 0 radical (unpaired) electrons. The van der Waals surface area contributed by atoms with Crippen molar-refractivity contribution < 1.29 is 19.2 Å². The number of carbonyl (C=O) groups excluding carboxylic acids is 4. The largest absolute Gasteiger partial charge is 0.350 e. The molecule has 0 saturated carbocycles. The average molecular weight is 592 g/mol. The molecule has 0 aliphatic carbocycles. The second kappa shape index (κ2) is 14.4. The molecule has 0 fully saturated rings. The standard InChI is InChI=1S/C28H29N7O4S2/c1-17(36)32-15-25(38)33-13-18-6-8-22(27-20(18)4-2-10-30-27)40-41-23-9-7-19(21-5-3-11-31-28(21)23)14-34-26(39)16-35-24(37)12-29/h2-11H,12-16,29H2,1H3,(H,32,36)(H,33,38)(H,34,39)(H,35,37). The van der Waals surface area contributed by atoms with Gasteiger partial charge in [-0.15, -0.1) is 0 Å². The highest BCUT2D eigenvalue weighted by Crippen LogP contribution is 2.43. The van der Waals surface area contributed by atoms with Crippen LogP contribution in [0.2, 0.25) is 0 Å². The van der Waals surface area contributed by atoms with Crippen molar-refractivity contribution in [2.24, 2.45) is 5.73 Å². The summed E-state index contributed by atoms with van der Waals surface area (Å²) < 4.78 is 0. The van der Waals surface area contributed by atoms with Crippen LogP contribution in [0.5, 0.6) is 0 Å². The molecule has 212 valence electrons. The van der Waals surface area contributed by atoms with E-state index in [1.807, 2.05) is 48.5 Å². The van der Waals surface area contributed by atoms with Gasteiger partial charge >= 0.3 is 0 Å². The Kier molecular flexibility index (Phi) is 10.5. The molecular weight excluding hydrogens is 562 g/mol. The Morgan fingerprint density at radius 1 is 0.683 bits per heavy atom. The SMILES string of the molecule is CC(=O)NCC(=O)NCc1ccc(SSc2ccc(CNC(=O)CNC(=O)CN)c3cccnc23)c2ncccc12. The van der Waals surface area contributed by atoms with E-state index in [-0.39, 0.29) is 43.9 Å². The van der Waals surface area contributed by atoms with Gasteiger partial charge in [-0.05, 0) is 35.4 Å². The lowest BCUT2D eigenvalue weighted by Gasteiger charge is -2.13. The Morgan fingerprint density at radius 3 is 1.63 bits per heavy atom. The molecule has 2 heterocycles. The van der Waals surface area contributed by atoms with Gasteiger partial charge in [0.1, 0.15) is 0 Å². The zero-order chi connectivity index (χ0) is 29.2. The van der Waals surface area contributed by atoms with Crippen molar-refractivity contribution in [3.63, 3.8) is 0 Å². The van der Waals surface area contributed by atoms with Crippen molar-refractivity contribution in [1.29, 1.82) is 0 Å². The summed E-state index contributed by atoms with van der Waals surface area (Å²) in [6.45, 7) is 1.58. The minimum atomic E-state index is -0.392. The molecule has 11 nitrogen and oxygen atoms in total. The number of fused-ring (bicyclic) bond motifs is 2. The summed E-state index contributed by atoms with van der Waals surface area (Å²) in [7, 11) is 3.11. The number of aromatic nitrogens is 2. The van der Waals surface area contributed by atoms with Gasteiger partial charge in [-0.2, -0.15) is 0 Å². The number of benzene rings is 2. The van der Waals surface area contributed by atoms with E-state index >= 15 is 0 Å². The van der Waals surface area contributed by atoms with Crippen LogP contribution in [0.4, 0.5) is 0 Å². The molecule has 4 amide bonds. The highest BCUT2D eigenvalue weighted by Gasteiger charge is 2.13. The van der Waals surface area contributed by atoms with Gasteiger partial charge in [-0.3, -0.25) is 29.1 Å². The fraction of sp³-hybridized carbons (Fsp3) is 0.214. The molecule has 4 rings (SSSR count). The van der Waals surface area contributed by atoms with Crippen LogP contribution in [-0.4, -0.2) is 53.2 Å². The van der Waals surface area contributed by atoms with Gasteiger partial charge in [-0.1, -0.05) is 45.9 Å². The number of hydrogen-bond acceptors (Lipinski definition) is 9. The molecule has 0 bridgehead atoms. The number of pyridine rings is 2. The molecular formula is C28H29N7O4S2. The number of nitrogens with two attached hydrogens (primary N) is 1. The van der Waals surface area contributed by atoms with Crippen molar-refractivity contribution in [2.75, 3.05) is 19.6 Å². The van der Waals surface area contributed by atoms with E-state index in [0.29, 0.717) is 6.54 Å². The highest BCUT2D eigenvalue weighted by molar-refractivity contribution is 8.76. The number of hydrogen-bond donors (Lipinski definition) is 5. The molecule has 0 saturated heterocycles. The number of amides is 4. The van der Waals surface area contributed by atoms with Crippen molar-refractivity contribution in [1.82, 2.24) is 31.2 Å². The quantitative estimate of drug-likeness (QED) is 0.155. The maximum absolute atomic E-state index is 12.1. The van der Waals surface area contributed by atoms with Crippen LogP contribution >= 0.6 is 21.6 Å². The molecule has 0 aliphatic heterocycles. The summed E-state index contributed by atoms with van der Waals surface area (Å²) in [4.78, 5) is 57.6. The van der Waals surface area contributed by atoms with Crippen LogP contribution in [0.3, 0.4) is 0 Å². The second-order valence-corrected chi connectivity index (χ2v) is 11.1. The predicted molar refractivity (Wildman–Crippen MR) is 160 cm³/mol. The molecule has 0 spiro atoms. The Balaban J connectivity index is 1.46.